The molecule has 3 aromatic carbocycles. The summed E-state index contributed by atoms with van der Waals surface area (Å²) in [5.74, 6) is 1.80. The summed E-state index contributed by atoms with van der Waals surface area (Å²) < 4.78 is 8.28. The topological polar surface area (TPSA) is 56.2 Å². The van der Waals surface area contributed by atoms with Crippen molar-refractivity contribution in [3.8, 4) is 5.75 Å². The highest BCUT2D eigenvalue weighted by Gasteiger charge is 2.12. The predicted octanol–water partition coefficient (Wildman–Crippen LogP) is 5.01. The van der Waals surface area contributed by atoms with Crippen LogP contribution < -0.4 is 10.1 Å². The van der Waals surface area contributed by atoms with Crippen molar-refractivity contribution in [2.75, 3.05) is 13.2 Å². The SMILES string of the molecule is Cc1ccc(C(=O)NCCc2nc3ccccc3n2CCOc2cc(C)ccc2C)cc1. The summed E-state index contributed by atoms with van der Waals surface area (Å²) in [5.41, 5.74) is 6.16. The van der Waals surface area contributed by atoms with E-state index in [9.17, 15) is 4.79 Å². The second-order valence-corrected chi connectivity index (χ2v) is 8.16. The summed E-state index contributed by atoms with van der Waals surface area (Å²) in [6, 6.07) is 22.0. The lowest BCUT2D eigenvalue weighted by Gasteiger charge is -2.13. The minimum atomic E-state index is -0.0640. The lowest BCUT2D eigenvalue weighted by molar-refractivity contribution is 0.0954. The maximum absolute atomic E-state index is 12.4. The Labute approximate surface area is 189 Å². The van der Waals surface area contributed by atoms with E-state index in [0.29, 0.717) is 31.7 Å². The van der Waals surface area contributed by atoms with Gasteiger partial charge in [0.15, 0.2) is 0 Å². The molecule has 0 saturated carbocycles. The maximum atomic E-state index is 12.4. The number of hydrogen-bond acceptors (Lipinski definition) is 3. The van der Waals surface area contributed by atoms with Crippen molar-refractivity contribution in [2.45, 2.75) is 33.7 Å². The van der Waals surface area contributed by atoms with E-state index >= 15 is 0 Å². The Morgan fingerprint density at radius 3 is 2.53 bits per heavy atom. The van der Waals surface area contributed by atoms with Crippen molar-refractivity contribution in [1.82, 2.24) is 14.9 Å². The average Bonchev–Trinajstić information content (AvgIpc) is 3.14. The first-order valence-corrected chi connectivity index (χ1v) is 11.0. The second kappa shape index (κ2) is 9.69. The highest BCUT2D eigenvalue weighted by atomic mass is 16.5. The molecule has 1 aromatic heterocycles. The summed E-state index contributed by atoms with van der Waals surface area (Å²) in [4.78, 5) is 17.2. The van der Waals surface area contributed by atoms with Crippen LogP contribution in [0.2, 0.25) is 0 Å². The van der Waals surface area contributed by atoms with Crippen LogP contribution in [-0.2, 0) is 13.0 Å². The fourth-order valence-electron chi connectivity index (χ4n) is 3.77. The Hall–Kier alpha value is -3.60. The number of amides is 1. The molecule has 1 heterocycles. The number of carbonyl (C=O) groups is 1. The molecule has 4 rings (SSSR count). The molecule has 1 N–H and O–H groups in total. The van der Waals surface area contributed by atoms with Gasteiger partial charge in [0.2, 0.25) is 0 Å². The molecule has 1 amide bonds. The van der Waals surface area contributed by atoms with Gasteiger partial charge in [0.05, 0.1) is 17.6 Å². The number of ether oxygens (including phenoxy) is 1. The number of imidazole rings is 1. The van der Waals surface area contributed by atoms with Gasteiger partial charge in [0, 0.05) is 18.5 Å². The summed E-state index contributed by atoms with van der Waals surface area (Å²) in [7, 11) is 0. The van der Waals surface area contributed by atoms with Crippen molar-refractivity contribution in [3.05, 3.63) is 94.8 Å². The smallest absolute Gasteiger partial charge is 0.251 e. The van der Waals surface area contributed by atoms with Crippen LogP contribution in [0, 0.1) is 20.8 Å². The van der Waals surface area contributed by atoms with Gasteiger partial charge >= 0.3 is 0 Å². The van der Waals surface area contributed by atoms with E-state index in [4.69, 9.17) is 9.72 Å². The zero-order valence-corrected chi connectivity index (χ0v) is 18.9. The standard InChI is InChI=1S/C27H29N3O2/c1-19-9-12-22(13-10-19)27(31)28-15-14-26-29-23-6-4-5-7-24(23)30(26)16-17-32-25-18-20(2)8-11-21(25)3/h4-13,18H,14-17H2,1-3H3,(H,28,31). The van der Waals surface area contributed by atoms with Crippen LogP contribution in [0.3, 0.4) is 0 Å². The van der Waals surface area contributed by atoms with Gasteiger partial charge in [-0.15, -0.1) is 0 Å². The summed E-state index contributed by atoms with van der Waals surface area (Å²) in [6.07, 6.45) is 0.649. The van der Waals surface area contributed by atoms with Crippen molar-refractivity contribution in [3.63, 3.8) is 0 Å². The summed E-state index contributed by atoms with van der Waals surface area (Å²) >= 11 is 0. The molecule has 0 saturated heterocycles. The van der Waals surface area contributed by atoms with E-state index in [1.807, 2.05) is 49.4 Å². The largest absolute Gasteiger partial charge is 0.491 e. The number of benzene rings is 3. The van der Waals surface area contributed by atoms with E-state index in [1.54, 1.807) is 0 Å². The van der Waals surface area contributed by atoms with E-state index in [-0.39, 0.29) is 5.91 Å². The first-order chi connectivity index (χ1) is 15.5. The van der Waals surface area contributed by atoms with E-state index < -0.39 is 0 Å². The normalized spacial score (nSPS) is 11.0. The molecular formula is C27H29N3O2. The molecule has 0 aliphatic heterocycles. The Morgan fingerprint density at radius 1 is 0.969 bits per heavy atom. The molecular weight excluding hydrogens is 398 g/mol. The first-order valence-electron chi connectivity index (χ1n) is 11.0. The lowest BCUT2D eigenvalue weighted by Crippen LogP contribution is -2.26. The molecule has 0 aliphatic rings. The minimum absolute atomic E-state index is 0.0640. The number of para-hydroxylation sites is 2. The van der Waals surface area contributed by atoms with Crippen LogP contribution >= 0.6 is 0 Å². The Kier molecular flexibility index (Phi) is 6.55. The maximum Gasteiger partial charge on any atom is 0.251 e. The van der Waals surface area contributed by atoms with Gasteiger partial charge in [-0.2, -0.15) is 0 Å². The number of carbonyl (C=O) groups excluding carboxylic acids is 1. The summed E-state index contributed by atoms with van der Waals surface area (Å²) in [6.45, 7) is 7.90. The molecule has 164 valence electrons. The number of hydrogen-bond donors (Lipinski definition) is 1. The molecule has 5 nitrogen and oxygen atoms in total. The number of nitrogens with zero attached hydrogens (tertiary/aromatic N) is 2. The minimum Gasteiger partial charge on any atom is -0.491 e. The molecule has 0 spiro atoms. The van der Waals surface area contributed by atoms with Gasteiger partial charge in [0.1, 0.15) is 18.2 Å². The summed E-state index contributed by atoms with van der Waals surface area (Å²) in [5, 5.41) is 3.01. The Morgan fingerprint density at radius 2 is 1.72 bits per heavy atom. The fraction of sp³-hybridized carbons (Fsp3) is 0.259. The molecule has 0 unspecified atom stereocenters. The third-order valence-electron chi connectivity index (χ3n) is 5.60. The second-order valence-electron chi connectivity index (χ2n) is 8.16. The van der Waals surface area contributed by atoms with Crippen molar-refractivity contribution >= 4 is 16.9 Å². The molecule has 0 bridgehead atoms. The molecule has 32 heavy (non-hydrogen) atoms. The Bertz CT molecular complexity index is 1230. The van der Waals surface area contributed by atoms with Crippen LogP contribution in [-0.4, -0.2) is 28.6 Å². The number of rotatable bonds is 8. The monoisotopic (exact) mass is 427 g/mol. The van der Waals surface area contributed by atoms with Gasteiger partial charge in [-0.3, -0.25) is 4.79 Å². The highest BCUT2D eigenvalue weighted by molar-refractivity contribution is 5.94. The zero-order valence-electron chi connectivity index (χ0n) is 18.9. The van der Waals surface area contributed by atoms with Crippen LogP contribution in [0.5, 0.6) is 5.75 Å². The Balaban J connectivity index is 1.43. The number of fused-ring (bicyclic) bond motifs is 1. The highest BCUT2D eigenvalue weighted by Crippen LogP contribution is 2.20. The van der Waals surface area contributed by atoms with Crippen LogP contribution in [0.4, 0.5) is 0 Å². The quantitative estimate of drug-likeness (QED) is 0.430. The lowest BCUT2D eigenvalue weighted by atomic mass is 10.1. The molecule has 5 heteroatoms. The third-order valence-corrected chi connectivity index (χ3v) is 5.60. The number of nitrogens with one attached hydrogen (secondary N) is 1. The first kappa shape index (κ1) is 21.6. The predicted molar refractivity (Wildman–Crippen MR) is 128 cm³/mol. The fourth-order valence-corrected chi connectivity index (χ4v) is 3.77. The van der Waals surface area contributed by atoms with E-state index in [1.165, 1.54) is 5.56 Å². The van der Waals surface area contributed by atoms with Crippen LogP contribution in [0.25, 0.3) is 11.0 Å². The average molecular weight is 428 g/mol. The van der Waals surface area contributed by atoms with Gasteiger partial charge in [-0.25, -0.2) is 4.98 Å². The van der Waals surface area contributed by atoms with Gasteiger partial charge in [-0.05, 0) is 62.2 Å². The van der Waals surface area contributed by atoms with Gasteiger partial charge < -0.3 is 14.6 Å². The van der Waals surface area contributed by atoms with Crippen molar-refractivity contribution in [1.29, 1.82) is 0 Å². The molecule has 0 fully saturated rings. The molecule has 0 radical (unpaired) electrons. The number of aromatic nitrogens is 2. The van der Waals surface area contributed by atoms with Crippen molar-refractivity contribution in [2.24, 2.45) is 0 Å². The van der Waals surface area contributed by atoms with Gasteiger partial charge in [0.25, 0.3) is 5.91 Å². The van der Waals surface area contributed by atoms with E-state index in [0.717, 1.165) is 33.7 Å². The van der Waals surface area contributed by atoms with Crippen molar-refractivity contribution < 1.29 is 9.53 Å². The van der Waals surface area contributed by atoms with Crippen LogP contribution in [0.15, 0.2) is 66.7 Å². The molecule has 4 aromatic rings. The molecule has 0 atom stereocenters. The number of aryl methyl sites for hydroxylation is 3. The van der Waals surface area contributed by atoms with Gasteiger partial charge in [-0.1, -0.05) is 42.0 Å². The molecule has 0 aliphatic carbocycles. The zero-order chi connectivity index (χ0) is 22.5. The van der Waals surface area contributed by atoms with E-state index in [2.05, 4.69) is 48.0 Å². The van der Waals surface area contributed by atoms with Crippen LogP contribution in [0.1, 0.15) is 32.9 Å². The third kappa shape index (κ3) is 4.99.